The fourth-order valence-electron chi connectivity index (χ4n) is 5.92. The first kappa shape index (κ1) is 23.1. The lowest BCUT2D eigenvalue weighted by molar-refractivity contribution is -0.140. The first-order chi connectivity index (χ1) is 16.9. The van der Waals surface area contributed by atoms with Gasteiger partial charge < -0.3 is 9.47 Å². The molecule has 180 valence electrons. The highest BCUT2D eigenvalue weighted by Crippen LogP contribution is 2.65. The number of imide groups is 1. The van der Waals surface area contributed by atoms with Crippen LogP contribution in [0.25, 0.3) is 0 Å². The molecule has 4 aliphatic carbocycles. The molecule has 2 amide bonds. The van der Waals surface area contributed by atoms with Gasteiger partial charge in [0.05, 0.1) is 29.6 Å². The normalized spacial score (nSPS) is 30.1. The second-order valence-electron chi connectivity index (χ2n) is 9.45. The van der Waals surface area contributed by atoms with Crippen molar-refractivity contribution in [1.82, 2.24) is 5.01 Å². The van der Waals surface area contributed by atoms with Crippen LogP contribution in [0.2, 0.25) is 10.0 Å². The highest BCUT2D eigenvalue weighted by Gasteiger charge is 2.67. The number of rotatable bonds is 6. The SMILES string of the molecule is COc1cc(C=NN2C(=O)[C@@H]3[C@H]4C=C[C@@H]([C@@H]5C[C@H]45)[C@H]3C2=O)cc(Br)c1OCc1ccc(Cl)cc1Cl. The van der Waals surface area contributed by atoms with E-state index in [0.717, 1.165) is 17.0 Å². The minimum Gasteiger partial charge on any atom is -0.493 e. The molecular weight excluding hydrogens is 555 g/mol. The number of allylic oxidation sites excluding steroid dienone is 2. The minimum atomic E-state index is -0.268. The van der Waals surface area contributed by atoms with Gasteiger partial charge in [-0.25, -0.2) is 0 Å². The van der Waals surface area contributed by atoms with Gasteiger partial charge in [0.2, 0.25) is 0 Å². The summed E-state index contributed by atoms with van der Waals surface area (Å²) in [6.07, 6.45) is 6.94. The Hall–Kier alpha value is -2.35. The summed E-state index contributed by atoms with van der Waals surface area (Å²) in [7, 11) is 1.54. The van der Waals surface area contributed by atoms with E-state index in [2.05, 4.69) is 33.2 Å². The summed E-state index contributed by atoms with van der Waals surface area (Å²) in [6, 6.07) is 8.75. The number of amides is 2. The molecule has 2 aromatic rings. The largest absolute Gasteiger partial charge is 0.493 e. The standard InChI is InChI=1S/C26H21BrCl2N2O4/c1-34-21-7-12(6-19(27)24(21)35-11-13-2-3-14(28)8-20(13)29)10-30-31-25(32)22-15-4-5-16(18-9-17(15)18)23(22)26(31)33/h2-8,10,15-18,22-23H,9,11H2,1H3/t15-,16-,17-,18+,22+,23+/m0/s1. The first-order valence-corrected chi connectivity index (χ1v) is 13.0. The van der Waals surface area contributed by atoms with Crippen molar-refractivity contribution in [1.29, 1.82) is 0 Å². The van der Waals surface area contributed by atoms with E-state index in [1.165, 1.54) is 13.3 Å². The predicted molar refractivity (Wildman–Crippen MR) is 136 cm³/mol. The van der Waals surface area contributed by atoms with E-state index in [1.54, 1.807) is 30.3 Å². The summed E-state index contributed by atoms with van der Waals surface area (Å²) < 4.78 is 12.1. The zero-order valence-corrected chi connectivity index (χ0v) is 21.8. The van der Waals surface area contributed by atoms with Crippen molar-refractivity contribution in [2.45, 2.75) is 13.0 Å². The number of hydrogen-bond donors (Lipinski definition) is 0. The van der Waals surface area contributed by atoms with Gasteiger partial charge in [0.25, 0.3) is 11.8 Å². The van der Waals surface area contributed by atoms with Crippen LogP contribution in [-0.4, -0.2) is 30.1 Å². The molecule has 6 atom stereocenters. The van der Waals surface area contributed by atoms with E-state index in [0.29, 0.717) is 43.4 Å². The smallest absolute Gasteiger partial charge is 0.254 e. The van der Waals surface area contributed by atoms with E-state index in [1.807, 2.05) is 0 Å². The number of carbonyl (C=O) groups excluding carboxylic acids is 2. The van der Waals surface area contributed by atoms with Gasteiger partial charge in [0, 0.05) is 15.6 Å². The molecule has 1 heterocycles. The average molecular weight is 576 g/mol. The fraction of sp³-hybridized carbons (Fsp3) is 0.346. The molecule has 35 heavy (non-hydrogen) atoms. The maximum absolute atomic E-state index is 13.1. The van der Waals surface area contributed by atoms with Gasteiger partial charge in [-0.2, -0.15) is 10.1 Å². The summed E-state index contributed by atoms with van der Waals surface area (Å²) in [6.45, 7) is 0.219. The predicted octanol–water partition coefficient (Wildman–Crippen LogP) is 5.73. The lowest BCUT2D eigenvalue weighted by Gasteiger charge is -2.37. The molecule has 7 rings (SSSR count). The van der Waals surface area contributed by atoms with E-state index in [-0.39, 0.29) is 42.1 Å². The fourth-order valence-corrected chi connectivity index (χ4v) is 6.96. The molecule has 0 unspecified atom stereocenters. The maximum Gasteiger partial charge on any atom is 0.254 e. The van der Waals surface area contributed by atoms with Crippen molar-refractivity contribution in [3.05, 3.63) is 68.1 Å². The second-order valence-corrected chi connectivity index (χ2v) is 11.1. The van der Waals surface area contributed by atoms with Gasteiger partial charge in [-0.1, -0.05) is 41.4 Å². The van der Waals surface area contributed by atoms with Gasteiger partial charge in [-0.05, 0) is 75.9 Å². The zero-order valence-electron chi connectivity index (χ0n) is 18.7. The molecule has 1 aliphatic heterocycles. The lowest BCUT2D eigenvalue weighted by atomic mass is 9.63. The van der Waals surface area contributed by atoms with Crippen molar-refractivity contribution >= 4 is 57.2 Å². The van der Waals surface area contributed by atoms with Gasteiger partial charge in [0.1, 0.15) is 6.61 Å². The number of benzene rings is 2. The number of hydrazone groups is 1. The number of hydrogen-bond acceptors (Lipinski definition) is 5. The Morgan fingerprint density at radius 3 is 2.40 bits per heavy atom. The van der Waals surface area contributed by atoms with Crippen molar-refractivity contribution in [3.63, 3.8) is 0 Å². The molecule has 0 spiro atoms. The third-order valence-corrected chi connectivity index (χ3v) is 8.78. The molecular formula is C26H21BrCl2N2O4. The maximum atomic E-state index is 13.1. The first-order valence-electron chi connectivity index (χ1n) is 11.4. The monoisotopic (exact) mass is 574 g/mol. The topological polar surface area (TPSA) is 68.2 Å². The van der Waals surface area contributed by atoms with Crippen molar-refractivity contribution in [2.24, 2.45) is 40.6 Å². The van der Waals surface area contributed by atoms with Crippen LogP contribution in [0.3, 0.4) is 0 Å². The molecule has 2 aromatic carbocycles. The second kappa shape index (κ2) is 8.64. The zero-order chi connectivity index (χ0) is 24.4. The van der Waals surface area contributed by atoms with Crippen LogP contribution in [0, 0.1) is 35.5 Å². The molecule has 6 nitrogen and oxygen atoms in total. The molecule has 9 heteroatoms. The lowest BCUT2D eigenvalue weighted by Crippen LogP contribution is -2.40. The quantitative estimate of drug-likeness (QED) is 0.250. The van der Waals surface area contributed by atoms with E-state index < -0.39 is 0 Å². The number of carbonyl (C=O) groups is 2. The van der Waals surface area contributed by atoms with Gasteiger partial charge in [-0.3, -0.25) is 9.59 Å². The van der Waals surface area contributed by atoms with Crippen LogP contribution in [0.5, 0.6) is 11.5 Å². The number of halogens is 3. The number of methoxy groups -OCH3 is 1. The molecule has 3 fully saturated rings. The van der Waals surface area contributed by atoms with Crippen LogP contribution in [0.1, 0.15) is 17.5 Å². The molecule has 0 aromatic heterocycles. The van der Waals surface area contributed by atoms with Gasteiger partial charge in [0.15, 0.2) is 11.5 Å². The van der Waals surface area contributed by atoms with Gasteiger partial charge in [-0.15, -0.1) is 0 Å². The Bertz CT molecular complexity index is 1280. The summed E-state index contributed by atoms with van der Waals surface area (Å²) in [5.74, 6) is 1.52. The number of nitrogens with zero attached hydrogens (tertiary/aromatic N) is 2. The highest BCUT2D eigenvalue weighted by atomic mass is 79.9. The van der Waals surface area contributed by atoms with Crippen molar-refractivity contribution < 1.29 is 19.1 Å². The summed E-state index contributed by atoms with van der Waals surface area (Å²) >= 11 is 15.7. The Kier molecular flexibility index (Phi) is 5.70. The van der Waals surface area contributed by atoms with Gasteiger partial charge >= 0.3 is 0 Å². The Balaban J connectivity index is 1.21. The Morgan fingerprint density at radius 1 is 1.09 bits per heavy atom. The Labute approximate surface area is 221 Å². The molecule has 0 N–H and O–H groups in total. The Morgan fingerprint density at radius 2 is 1.77 bits per heavy atom. The van der Waals surface area contributed by atoms with Crippen molar-refractivity contribution in [2.75, 3.05) is 7.11 Å². The molecule has 1 saturated heterocycles. The van der Waals surface area contributed by atoms with Crippen LogP contribution in [0.4, 0.5) is 0 Å². The molecule has 0 radical (unpaired) electrons. The third kappa shape index (κ3) is 3.79. The third-order valence-electron chi connectivity index (χ3n) is 7.60. The van der Waals surface area contributed by atoms with Crippen molar-refractivity contribution in [3.8, 4) is 11.5 Å². The summed E-state index contributed by atoms with van der Waals surface area (Å²) in [5, 5.41) is 6.44. The summed E-state index contributed by atoms with van der Waals surface area (Å²) in [4.78, 5) is 26.2. The molecule has 5 aliphatic rings. The minimum absolute atomic E-state index is 0.173. The van der Waals surface area contributed by atoms with E-state index in [9.17, 15) is 9.59 Å². The molecule has 2 saturated carbocycles. The van der Waals surface area contributed by atoms with Crippen LogP contribution in [-0.2, 0) is 16.2 Å². The van der Waals surface area contributed by atoms with Crippen LogP contribution < -0.4 is 9.47 Å². The van der Waals surface area contributed by atoms with E-state index in [4.69, 9.17) is 32.7 Å². The van der Waals surface area contributed by atoms with E-state index >= 15 is 0 Å². The van der Waals surface area contributed by atoms with Crippen LogP contribution >= 0.6 is 39.1 Å². The number of ether oxygens (including phenoxy) is 2. The highest BCUT2D eigenvalue weighted by molar-refractivity contribution is 9.10. The molecule has 2 bridgehead atoms. The van der Waals surface area contributed by atoms with Crippen LogP contribution in [0.15, 0.2) is 52.1 Å². The summed E-state index contributed by atoms with van der Waals surface area (Å²) in [5.41, 5.74) is 1.44. The average Bonchev–Trinajstić information content (AvgIpc) is 3.62.